The van der Waals surface area contributed by atoms with Gasteiger partial charge < -0.3 is 11.1 Å². The minimum absolute atomic E-state index is 0.0507. The van der Waals surface area contributed by atoms with Crippen LogP contribution < -0.4 is 11.1 Å². The summed E-state index contributed by atoms with van der Waals surface area (Å²) in [6.45, 7) is 1.39. The number of carbonyl (C=O) groups is 2. The van der Waals surface area contributed by atoms with E-state index in [1.807, 2.05) is 0 Å². The molecule has 0 radical (unpaired) electrons. The molecule has 0 fully saturated rings. The highest BCUT2D eigenvalue weighted by molar-refractivity contribution is 6.34. The van der Waals surface area contributed by atoms with Crippen molar-refractivity contribution in [2.45, 2.75) is 13.0 Å². The number of nitrogens with two attached hydrogens (primary N) is 1. The Labute approximate surface area is 107 Å². The van der Waals surface area contributed by atoms with E-state index in [4.69, 9.17) is 17.3 Å². The van der Waals surface area contributed by atoms with E-state index in [-0.39, 0.29) is 16.3 Å². The van der Waals surface area contributed by atoms with Gasteiger partial charge in [0, 0.05) is 12.1 Å². The number of hydrogen-bond acceptors (Lipinski definition) is 4. The third-order valence-corrected chi connectivity index (χ3v) is 2.51. The zero-order valence-electron chi connectivity index (χ0n) is 9.34. The predicted molar refractivity (Wildman–Crippen MR) is 64.2 cm³/mol. The lowest BCUT2D eigenvalue weighted by atomic mass is 10.1. The molecule has 1 aromatic carbocycles. The van der Waals surface area contributed by atoms with Crippen molar-refractivity contribution in [3.05, 3.63) is 38.9 Å². The number of nitrogens with one attached hydrogen (secondary N) is 1. The van der Waals surface area contributed by atoms with Crippen LogP contribution in [0.3, 0.4) is 0 Å². The molecule has 0 saturated carbocycles. The maximum atomic E-state index is 11.7. The Morgan fingerprint density at radius 2 is 2.11 bits per heavy atom. The molecule has 1 aromatic rings. The van der Waals surface area contributed by atoms with Gasteiger partial charge in [-0.25, -0.2) is 0 Å². The van der Waals surface area contributed by atoms with Crippen LogP contribution in [0.4, 0.5) is 5.69 Å². The molecule has 0 aliphatic rings. The summed E-state index contributed by atoms with van der Waals surface area (Å²) in [6, 6.07) is 2.55. The van der Waals surface area contributed by atoms with Gasteiger partial charge in [-0.2, -0.15) is 0 Å². The SMILES string of the molecule is CC(NC(=O)c1cc([N+](=O)[O-])ccc1Cl)C(N)=O. The van der Waals surface area contributed by atoms with Gasteiger partial charge >= 0.3 is 0 Å². The molecule has 7 nitrogen and oxygen atoms in total. The molecule has 1 atom stereocenters. The van der Waals surface area contributed by atoms with Crippen LogP contribution in [-0.4, -0.2) is 22.8 Å². The van der Waals surface area contributed by atoms with Gasteiger partial charge in [0.1, 0.15) is 6.04 Å². The molecule has 0 bridgehead atoms. The van der Waals surface area contributed by atoms with E-state index in [2.05, 4.69) is 5.32 Å². The second-order valence-corrected chi connectivity index (χ2v) is 3.93. The molecule has 0 aliphatic carbocycles. The minimum Gasteiger partial charge on any atom is -0.368 e. The Morgan fingerprint density at radius 1 is 1.50 bits per heavy atom. The van der Waals surface area contributed by atoms with Crippen molar-refractivity contribution in [1.82, 2.24) is 5.32 Å². The molecular formula is C10H10ClN3O4. The number of primary amides is 1. The Hall–Kier alpha value is -2.15. The Bertz CT molecular complexity index is 518. The Kier molecular flexibility index (Phi) is 4.22. The average Bonchev–Trinajstić information content (AvgIpc) is 2.28. The Morgan fingerprint density at radius 3 is 2.61 bits per heavy atom. The number of nitrogens with zero attached hydrogens (tertiary/aromatic N) is 1. The summed E-state index contributed by atoms with van der Waals surface area (Å²) in [5, 5.41) is 12.9. The molecule has 2 amide bonds. The fourth-order valence-electron chi connectivity index (χ4n) is 1.15. The monoisotopic (exact) mass is 271 g/mol. The van der Waals surface area contributed by atoms with Gasteiger partial charge in [0.15, 0.2) is 0 Å². The van der Waals surface area contributed by atoms with Crippen molar-refractivity contribution in [2.75, 3.05) is 0 Å². The van der Waals surface area contributed by atoms with Gasteiger partial charge in [-0.05, 0) is 13.0 Å². The van der Waals surface area contributed by atoms with Crippen molar-refractivity contribution in [1.29, 1.82) is 0 Å². The van der Waals surface area contributed by atoms with Gasteiger partial charge in [0.2, 0.25) is 5.91 Å². The van der Waals surface area contributed by atoms with Crippen LogP contribution in [0.5, 0.6) is 0 Å². The average molecular weight is 272 g/mol. The molecule has 96 valence electrons. The normalized spacial score (nSPS) is 11.7. The maximum Gasteiger partial charge on any atom is 0.270 e. The number of benzene rings is 1. The van der Waals surface area contributed by atoms with E-state index < -0.39 is 22.8 Å². The van der Waals surface area contributed by atoms with Crippen molar-refractivity contribution >= 4 is 29.1 Å². The van der Waals surface area contributed by atoms with E-state index in [0.717, 1.165) is 6.07 Å². The first-order chi connectivity index (χ1) is 8.32. The van der Waals surface area contributed by atoms with Crippen LogP contribution in [0.15, 0.2) is 18.2 Å². The number of carbonyl (C=O) groups excluding carboxylic acids is 2. The highest BCUT2D eigenvalue weighted by atomic mass is 35.5. The summed E-state index contributed by atoms with van der Waals surface area (Å²) in [7, 11) is 0. The third-order valence-electron chi connectivity index (χ3n) is 2.18. The lowest BCUT2D eigenvalue weighted by Gasteiger charge is -2.10. The highest BCUT2D eigenvalue weighted by Gasteiger charge is 2.19. The summed E-state index contributed by atoms with van der Waals surface area (Å²) < 4.78 is 0. The molecule has 0 spiro atoms. The lowest BCUT2D eigenvalue weighted by molar-refractivity contribution is -0.384. The zero-order valence-corrected chi connectivity index (χ0v) is 10.1. The van der Waals surface area contributed by atoms with Crippen molar-refractivity contribution < 1.29 is 14.5 Å². The maximum absolute atomic E-state index is 11.7. The smallest absolute Gasteiger partial charge is 0.270 e. The second kappa shape index (κ2) is 5.46. The molecule has 3 N–H and O–H groups in total. The molecule has 0 saturated heterocycles. The molecule has 0 aromatic heterocycles. The van der Waals surface area contributed by atoms with Gasteiger partial charge in [-0.1, -0.05) is 11.6 Å². The third kappa shape index (κ3) is 3.17. The quantitative estimate of drug-likeness (QED) is 0.624. The van der Waals surface area contributed by atoms with E-state index in [9.17, 15) is 19.7 Å². The van der Waals surface area contributed by atoms with Crippen LogP contribution in [-0.2, 0) is 4.79 Å². The van der Waals surface area contributed by atoms with E-state index in [0.29, 0.717) is 0 Å². The van der Waals surface area contributed by atoms with Crippen LogP contribution in [0.1, 0.15) is 17.3 Å². The molecule has 8 heteroatoms. The van der Waals surface area contributed by atoms with Crippen molar-refractivity contribution in [3.63, 3.8) is 0 Å². The predicted octanol–water partition coefficient (Wildman–Crippen LogP) is 0.852. The highest BCUT2D eigenvalue weighted by Crippen LogP contribution is 2.21. The standard InChI is InChI=1S/C10H10ClN3O4/c1-5(9(12)15)13-10(16)7-4-6(14(17)18)2-3-8(7)11/h2-5H,1H3,(H2,12,15)(H,13,16). The van der Waals surface area contributed by atoms with Crippen LogP contribution >= 0.6 is 11.6 Å². The van der Waals surface area contributed by atoms with Crippen LogP contribution in [0.25, 0.3) is 0 Å². The number of nitro benzene ring substituents is 1. The van der Waals surface area contributed by atoms with Gasteiger partial charge in [-0.15, -0.1) is 0 Å². The fourth-order valence-corrected chi connectivity index (χ4v) is 1.35. The van der Waals surface area contributed by atoms with Gasteiger partial charge in [0.05, 0.1) is 15.5 Å². The van der Waals surface area contributed by atoms with E-state index in [1.165, 1.54) is 19.1 Å². The van der Waals surface area contributed by atoms with Crippen LogP contribution in [0.2, 0.25) is 5.02 Å². The summed E-state index contributed by atoms with van der Waals surface area (Å²) in [5.41, 5.74) is 4.63. The van der Waals surface area contributed by atoms with Crippen molar-refractivity contribution in [2.24, 2.45) is 5.73 Å². The summed E-state index contributed by atoms with van der Waals surface area (Å²) in [5.74, 6) is -1.42. The van der Waals surface area contributed by atoms with Gasteiger partial charge in [-0.3, -0.25) is 19.7 Å². The number of hydrogen-bond donors (Lipinski definition) is 2. The first-order valence-corrected chi connectivity index (χ1v) is 5.25. The first-order valence-electron chi connectivity index (χ1n) is 4.87. The zero-order chi connectivity index (χ0) is 13.9. The number of nitro groups is 1. The topological polar surface area (TPSA) is 115 Å². The molecule has 0 aliphatic heterocycles. The van der Waals surface area contributed by atoms with Crippen LogP contribution in [0, 0.1) is 10.1 Å². The largest absolute Gasteiger partial charge is 0.368 e. The number of amides is 2. The van der Waals surface area contributed by atoms with E-state index in [1.54, 1.807) is 0 Å². The van der Waals surface area contributed by atoms with Crippen molar-refractivity contribution in [3.8, 4) is 0 Å². The van der Waals surface area contributed by atoms with E-state index >= 15 is 0 Å². The summed E-state index contributed by atoms with van der Waals surface area (Å²) in [4.78, 5) is 32.4. The second-order valence-electron chi connectivity index (χ2n) is 3.52. The molecule has 1 rings (SSSR count). The molecular weight excluding hydrogens is 262 g/mol. The first kappa shape index (κ1) is 13.9. The fraction of sp³-hybridized carbons (Fsp3) is 0.200. The summed E-state index contributed by atoms with van der Waals surface area (Å²) >= 11 is 5.76. The number of rotatable bonds is 4. The van der Waals surface area contributed by atoms with Gasteiger partial charge in [0.25, 0.3) is 11.6 Å². The molecule has 18 heavy (non-hydrogen) atoms. The lowest BCUT2D eigenvalue weighted by Crippen LogP contribution is -2.42. The Balaban J connectivity index is 3.01. The molecule has 1 unspecified atom stereocenters. The minimum atomic E-state index is -0.896. The number of halogens is 1. The molecule has 0 heterocycles. The summed E-state index contributed by atoms with van der Waals surface area (Å²) in [6.07, 6.45) is 0. The number of non-ortho nitro benzene ring substituents is 1.